The first-order chi connectivity index (χ1) is 10.5. The normalized spacial score (nSPS) is 16.7. The van der Waals surface area contributed by atoms with E-state index in [0.29, 0.717) is 11.0 Å². The molecule has 1 unspecified atom stereocenters. The van der Waals surface area contributed by atoms with Gasteiger partial charge in [-0.05, 0) is 24.7 Å². The number of anilines is 1. The average Bonchev–Trinajstić information content (AvgIpc) is 3.06. The molecule has 6 nitrogen and oxygen atoms in total. The van der Waals surface area contributed by atoms with Crippen molar-refractivity contribution in [3.8, 4) is 0 Å². The number of nitrogens with one attached hydrogen (secondary N) is 2. The molecule has 1 heterocycles. The molecule has 0 aliphatic heterocycles. The molecule has 0 spiro atoms. The smallest absolute Gasteiger partial charge is 0.249 e. The molecule has 22 heavy (non-hydrogen) atoms. The van der Waals surface area contributed by atoms with Crippen molar-refractivity contribution in [2.24, 2.45) is 11.8 Å². The summed E-state index contributed by atoms with van der Waals surface area (Å²) in [7, 11) is 0. The van der Waals surface area contributed by atoms with Crippen LogP contribution < -0.4 is 10.6 Å². The third kappa shape index (κ3) is 4.76. The molecular formula is C15H24N4O2S. The van der Waals surface area contributed by atoms with Crippen LogP contribution >= 0.6 is 11.3 Å². The van der Waals surface area contributed by atoms with E-state index < -0.39 is 6.04 Å². The van der Waals surface area contributed by atoms with Gasteiger partial charge in [-0.15, -0.1) is 10.2 Å². The lowest BCUT2D eigenvalue weighted by atomic mass is 9.97. The highest BCUT2D eigenvalue weighted by molar-refractivity contribution is 7.15. The molecule has 7 heteroatoms. The fourth-order valence-electron chi connectivity index (χ4n) is 2.83. The highest BCUT2D eigenvalue weighted by atomic mass is 32.1. The first kappa shape index (κ1) is 16.9. The Bertz CT molecular complexity index is 523. The number of carbonyl (C=O) groups is 2. The largest absolute Gasteiger partial charge is 0.344 e. The maximum atomic E-state index is 12.5. The van der Waals surface area contributed by atoms with Gasteiger partial charge < -0.3 is 5.32 Å². The molecule has 1 atom stereocenters. The number of aromatic nitrogens is 2. The monoisotopic (exact) mass is 324 g/mol. The van der Waals surface area contributed by atoms with Crippen molar-refractivity contribution < 1.29 is 9.59 Å². The van der Waals surface area contributed by atoms with E-state index in [9.17, 15) is 9.59 Å². The van der Waals surface area contributed by atoms with E-state index in [4.69, 9.17) is 0 Å². The molecule has 0 saturated heterocycles. The van der Waals surface area contributed by atoms with Crippen molar-refractivity contribution >= 4 is 28.3 Å². The van der Waals surface area contributed by atoms with Crippen LogP contribution in [0, 0.1) is 11.8 Å². The van der Waals surface area contributed by atoms with Crippen LogP contribution in [0.3, 0.4) is 0 Å². The van der Waals surface area contributed by atoms with E-state index >= 15 is 0 Å². The van der Waals surface area contributed by atoms with Crippen LogP contribution in [0.15, 0.2) is 0 Å². The van der Waals surface area contributed by atoms with Crippen molar-refractivity contribution in [1.82, 2.24) is 15.5 Å². The molecule has 0 aromatic carbocycles. The van der Waals surface area contributed by atoms with Gasteiger partial charge in [-0.25, -0.2) is 0 Å². The van der Waals surface area contributed by atoms with Crippen LogP contribution in [-0.2, 0) is 16.0 Å². The number of hydrogen-bond donors (Lipinski definition) is 2. The summed E-state index contributed by atoms with van der Waals surface area (Å²) < 4.78 is 0. The van der Waals surface area contributed by atoms with E-state index in [1.807, 2.05) is 0 Å². The lowest BCUT2D eigenvalue weighted by molar-refractivity contribution is -0.126. The number of amides is 2. The highest BCUT2D eigenvalue weighted by Crippen LogP contribution is 2.28. The van der Waals surface area contributed by atoms with Gasteiger partial charge in [0.25, 0.3) is 0 Å². The summed E-state index contributed by atoms with van der Waals surface area (Å²) in [5, 5.41) is 15.1. The Labute approximate surface area is 135 Å². The second-order valence-corrected chi connectivity index (χ2v) is 7.37. The summed E-state index contributed by atoms with van der Waals surface area (Å²) in [6.45, 7) is 5.68. The molecule has 122 valence electrons. The Hall–Kier alpha value is -1.50. The maximum absolute atomic E-state index is 12.5. The van der Waals surface area contributed by atoms with Crippen molar-refractivity contribution in [2.75, 3.05) is 5.32 Å². The Morgan fingerprint density at radius 1 is 1.27 bits per heavy atom. The van der Waals surface area contributed by atoms with Gasteiger partial charge in [-0.3, -0.25) is 14.9 Å². The Kier molecular flexibility index (Phi) is 5.88. The van der Waals surface area contributed by atoms with Crippen molar-refractivity contribution in [3.05, 3.63) is 5.01 Å². The summed E-state index contributed by atoms with van der Waals surface area (Å²) in [6.07, 6.45) is 5.04. The zero-order valence-corrected chi connectivity index (χ0v) is 14.2. The predicted octanol–water partition coefficient (Wildman–Crippen LogP) is 2.37. The zero-order chi connectivity index (χ0) is 16.1. The van der Waals surface area contributed by atoms with Gasteiger partial charge >= 0.3 is 0 Å². The van der Waals surface area contributed by atoms with Gasteiger partial charge in [0.1, 0.15) is 11.0 Å². The second kappa shape index (κ2) is 7.67. The van der Waals surface area contributed by atoms with E-state index in [0.717, 1.165) is 37.1 Å². The molecular weight excluding hydrogens is 300 g/mol. The molecule has 2 N–H and O–H groups in total. The Morgan fingerprint density at radius 2 is 1.95 bits per heavy atom. The van der Waals surface area contributed by atoms with Gasteiger partial charge in [-0.2, -0.15) is 0 Å². The number of nitrogens with zero attached hydrogens (tertiary/aromatic N) is 2. The Balaban J connectivity index is 2.00. The van der Waals surface area contributed by atoms with Crippen LogP contribution in [0.2, 0.25) is 0 Å². The summed E-state index contributed by atoms with van der Waals surface area (Å²) in [4.78, 5) is 23.9. The first-order valence-corrected chi connectivity index (χ1v) is 8.67. The van der Waals surface area contributed by atoms with Crippen LogP contribution in [0.25, 0.3) is 0 Å². The molecule has 1 aromatic heterocycles. The molecule has 2 amide bonds. The summed E-state index contributed by atoms with van der Waals surface area (Å²) in [6, 6.07) is -0.475. The zero-order valence-electron chi connectivity index (χ0n) is 13.4. The van der Waals surface area contributed by atoms with E-state index in [1.54, 1.807) is 0 Å². The maximum Gasteiger partial charge on any atom is 0.249 e. The summed E-state index contributed by atoms with van der Waals surface area (Å²) >= 11 is 1.40. The average molecular weight is 324 g/mol. The minimum atomic E-state index is -0.475. The van der Waals surface area contributed by atoms with Crippen molar-refractivity contribution in [1.29, 1.82) is 0 Å². The van der Waals surface area contributed by atoms with Gasteiger partial charge in [0, 0.05) is 13.3 Å². The number of carbonyl (C=O) groups excluding carboxylic acids is 2. The van der Waals surface area contributed by atoms with E-state index in [2.05, 4.69) is 34.7 Å². The van der Waals surface area contributed by atoms with E-state index in [1.165, 1.54) is 18.3 Å². The number of hydrogen-bond acceptors (Lipinski definition) is 5. The van der Waals surface area contributed by atoms with Gasteiger partial charge in [0.05, 0.1) is 0 Å². The molecule has 1 fully saturated rings. The van der Waals surface area contributed by atoms with Crippen LogP contribution in [0.4, 0.5) is 5.13 Å². The van der Waals surface area contributed by atoms with Crippen LogP contribution in [0.1, 0.15) is 51.5 Å². The molecule has 0 radical (unpaired) electrons. The van der Waals surface area contributed by atoms with Crippen molar-refractivity contribution in [3.63, 3.8) is 0 Å². The standard InChI is InChI=1S/C15H24N4O2S/c1-9(2)8-12-18-19-15(22-12)17-14(21)13(16-10(3)20)11-6-4-5-7-11/h9,11,13H,4-8H2,1-3H3,(H,16,20)(H,17,19,21). The minimum absolute atomic E-state index is 0.176. The molecule has 1 saturated carbocycles. The summed E-state index contributed by atoms with van der Waals surface area (Å²) in [5.41, 5.74) is 0. The quantitative estimate of drug-likeness (QED) is 0.841. The number of rotatable bonds is 6. The molecule has 1 aliphatic carbocycles. The van der Waals surface area contributed by atoms with Crippen molar-refractivity contribution in [2.45, 2.75) is 58.9 Å². The van der Waals surface area contributed by atoms with Gasteiger partial charge in [0.15, 0.2) is 0 Å². The fourth-order valence-corrected chi connectivity index (χ4v) is 3.78. The lowest BCUT2D eigenvalue weighted by Gasteiger charge is -2.22. The molecule has 1 aliphatic rings. The highest BCUT2D eigenvalue weighted by Gasteiger charge is 2.31. The summed E-state index contributed by atoms with van der Waals surface area (Å²) in [5.74, 6) is 0.355. The first-order valence-electron chi connectivity index (χ1n) is 7.86. The third-order valence-corrected chi connectivity index (χ3v) is 4.65. The van der Waals surface area contributed by atoms with E-state index in [-0.39, 0.29) is 17.7 Å². The third-order valence-electron chi connectivity index (χ3n) is 3.79. The fraction of sp³-hybridized carbons (Fsp3) is 0.733. The van der Waals surface area contributed by atoms with Gasteiger partial charge in [-0.1, -0.05) is 38.0 Å². The topological polar surface area (TPSA) is 84.0 Å². The lowest BCUT2D eigenvalue weighted by Crippen LogP contribution is -2.47. The molecule has 1 aromatic rings. The molecule has 2 rings (SSSR count). The van der Waals surface area contributed by atoms with Crippen LogP contribution in [0.5, 0.6) is 0 Å². The SMILES string of the molecule is CC(=O)NC(C(=O)Nc1nnc(CC(C)C)s1)C1CCCC1. The molecule has 0 bridgehead atoms. The minimum Gasteiger partial charge on any atom is -0.344 e. The van der Waals surface area contributed by atoms with Crippen LogP contribution in [-0.4, -0.2) is 28.1 Å². The second-order valence-electron chi connectivity index (χ2n) is 6.31. The van der Waals surface area contributed by atoms with Gasteiger partial charge in [0.2, 0.25) is 16.9 Å². The predicted molar refractivity (Wildman–Crippen MR) is 86.6 cm³/mol. The Morgan fingerprint density at radius 3 is 2.55 bits per heavy atom.